The molecule has 2 fully saturated rings. The first-order valence-electron chi connectivity index (χ1n) is 8.76. The largest absolute Gasteiger partial charge is 0.300 e. The predicted octanol–water partition coefficient (Wildman–Crippen LogP) is 4.48. The summed E-state index contributed by atoms with van der Waals surface area (Å²) in [6.07, 6.45) is 10.8. The Bertz CT molecular complexity index is 476. The van der Waals surface area contributed by atoms with Gasteiger partial charge in [0.2, 0.25) is 0 Å². The summed E-state index contributed by atoms with van der Waals surface area (Å²) in [4.78, 5) is 23.7. The summed E-state index contributed by atoms with van der Waals surface area (Å²) in [5.41, 5.74) is 1.64. The summed E-state index contributed by atoms with van der Waals surface area (Å²) < 4.78 is 0. The molecule has 0 radical (unpaired) electrons. The average Bonchev–Trinajstić information content (AvgIpc) is 2.52. The van der Waals surface area contributed by atoms with Crippen LogP contribution in [0.25, 0.3) is 0 Å². The fraction of sp³-hybridized carbons (Fsp3) is 0.789. The Morgan fingerprint density at radius 3 is 2.67 bits per heavy atom. The van der Waals surface area contributed by atoms with Gasteiger partial charge in [-0.3, -0.25) is 9.59 Å². The molecule has 0 aliphatic heterocycles. The molecule has 3 aliphatic carbocycles. The minimum Gasteiger partial charge on any atom is -0.300 e. The molecule has 0 aromatic rings. The molecule has 0 aromatic carbocycles. The molecular weight excluding hydrogens is 260 g/mol. The smallest absolute Gasteiger partial charge is 0.155 e. The first-order chi connectivity index (χ1) is 10.0. The fourth-order valence-corrected chi connectivity index (χ4v) is 5.21. The number of rotatable bonds is 0. The Morgan fingerprint density at radius 1 is 1.05 bits per heavy atom. The van der Waals surface area contributed by atoms with E-state index in [-0.39, 0.29) is 5.41 Å². The van der Waals surface area contributed by atoms with E-state index in [0.29, 0.717) is 23.4 Å². The lowest BCUT2D eigenvalue weighted by Gasteiger charge is -2.51. The van der Waals surface area contributed by atoms with Crippen LogP contribution in [0.4, 0.5) is 0 Å². The number of hydrogen-bond donors (Lipinski definition) is 0. The van der Waals surface area contributed by atoms with Gasteiger partial charge in [-0.1, -0.05) is 19.4 Å². The van der Waals surface area contributed by atoms with Crippen molar-refractivity contribution in [3.05, 3.63) is 11.6 Å². The van der Waals surface area contributed by atoms with Crippen molar-refractivity contribution in [1.82, 2.24) is 0 Å². The summed E-state index contributed by atoms with van der Waals surface area (Å²) in [6, 6.07) is 0. The summed E-state index contributed by atoms with van der Waals surface area (Å²) in [5.74, 6) is 2.85. The van der Waals surface area contributed by atoms with Crippen LogP contribution in [0.15, 0.2) is 11.6 Å². The lowest BCUT2D eigenvalue weighted by atomic mass is 9.53. The number of carbonyl (C=O) groups is 2. The van der Waals surface area contributed by atoms with Crippen molar-refractivity contribution in [3.63, 3.8) is 0 Å². The molecule has 2 saturated carbocycles. The number of carbonyl (C=O) groups excluding carboxylic acids is 2. The van der Waals surface area contributed by atoms with Crippen LogP contribution in [0.2, 0.25) is 0 Å². The van der Waals surface area contributed by atoms with Gasteiger partial charge in [-0.2, -0.15) is 0 Å². The lowest BCUT2D eigenvalue weighted by Crippen LogP contribution is -2.43. The second-order valence-corrected chi connectivity index (χ2v) is 7.81. The Balaban J connectivity index is 1.91. The summed E-state index contributed by atoms with van der Waals surface area (Å²) >= 11 is 0. The van der Waals surface area contributed by atoms with Crippen LogP contribution in [0, 0.1) is 23.2 Å². The van der Waals surface area contributed by atoms with E-state index in [0.717, 1.165) is 50.9 Å². The molecule has 3 rings (SSSR count). The van der Waals surface area contributed by atoms with E-state index in [9.17, 15) is 9.59 Å². The van der Waals surface area contributed by atoms with Gasteiger partial charge >= 0.3 is 0 Å². The zero-order valence-corrected chi connectivity index (χ0v) is 13.5. The van der Waals surface area contributed by atoms with Crippen LogP contribution in [-0.4, -0.2) is 11.6 Å². The minimum absolute atomic E-state index is 0.221. The van der Waals surface area contributed by atoms with E-state index in [1.807, 2.05) is 6.08 Å². The van der Waals surface area contributed by atoms with E-state index in [4.69, 9.17) is 0 Å². The van der Waals surface area contributed by atoms with Crippen LogP contribution >= 0.6 is 0 Å². The first kappa shape index (κ1) is 15.0. The molecule has 0 spiro atoms. The number of ketones is 2. The van der Waals surface area contributed by atoms with Crippen LogP contribution in [-0.2, 0) is 9.59 Å². The molecule has 0 aromatic heterocycles. The van der Waals surface area contributed by atoms with E-state index in [1.54, 1.807) is 0 Å². The topological polar surface area (TPSA) is 34.1 Å². The Hall–Kier alpha value is -0.920. The molecule has 3 aliphatic rings. The SMILES string of the molecule is C[C@H]1CCC(=O)CCC[C@H]2[C@H]1CCC1=CC(=O)CC[C@@]12C. The van der Waals surface area contributed by atoms with E-state index in [2.05, 4.69) is 13.8 Å². The molecule has 0 unspecified atom stereocenters. The maximum Gasteiger partial charge on any atom is 0.155 e. The molecular formula is C19H28O2. The van der Waals surface area contributed by atoms with Gasteiger partial charge in [0, 0.05) is 19.3 Å². The van der Waals surface area contributed by atoms with Crippen molar-refractivity contribution in [1.29, 1.82) is 0 Å². The third kappa shape index (κ3) is 2.74. The number of Topliss-reactive ketones (excluding diaryl/α,β-unsaturated/α-hetero) is 1. The molecule has 0 heterocycles. The lowest BCUT2D eigenvalue weighted by molar-refractivity contribution is -0.119. The Kier molecular flexibility index (Phi) is 4.07. The van der Waals surface area contributed by atoms with Gasteiger partial charge in [-0.25, -0.2) is 0 Å². The molecule has 0 amide bonds. The normalized spacial score (nSPS) is 41.2. The van der Waals surface area contributed by atoms with Gasteiger partial charge in [0.25, 0.3) is 0 Å². The van der Waals surface area contributed by atoms with Crippen molar-refractivity contribution in [2.75, 3.05) is 0 Å². The highest BCUT2D eigenvalue weighted by molar-refractivity contribution is 5.91. The van der Waals surface area contributed by atoms with Crippen LogP contribution in [0.1, 0.15) is 71.6 Å². The molecule has 0 bridgehead atoms. The fourth-order valence-electron chi connectivity index (χ4n) is 5.21. The molecule has 116 valence electrons. The van der Waals surface area contributed by atoms with Crippen molar-refractivity contribution >= 4 is 11.6 Å². The third-order valence-corrected chi connectivity index (χ3v) is 6.62. The quantitative estimate of drug-likeness (QED) is 0.658. The second-order valence-electron chi connectivity index (χ2n) is 7.81. The second kappa shape index (κ2) is 5.70. The minimum atomic E-state index is 0.221. The van der Waals surface area contributed by atoms with Gasteiger partial charge in [-0.15, -0.1) is 0 Å². The van der Waals surface area contributed by atoms with Crippen molar-refractivity contribution < 1.29 is 9.59 Å². The van der Waals surface area contributed by atoms with Gasteiger partial charge < -0.3 is 0 Å². The maximum atomic E-state index is 11.9. The van der Waals surface area contributed by atoms with E-state index >= 15 is 0 Å². The summed E-state index contributed by atoms with van der Waals surface area (Å²) in [5, 5.41) is 0. The highest BCUT2D eigenvalue weighted by atomic mass is 16.1. The van der Waals surface area contributed by atoms with Gasteiger partial charge in [0.05, 0.1) is 0 Å². The van der Waals surface area contributed by atoms with Crippen LogP contribution in [0.3, 0.4) is 0 Å². The van der Waals surface area contributed by atoms with Crippen LogP contribution in [0.5, 0.6) is 0 Å². The van der Waals surface area contributed by atoms with Gasteiger partial charge in [-0.05, 0) is 67.8 Å². The van der Waals surface area contributed by atoms with Gasteiger partial charge in [0.1, 0.15) is 5.78 Å². The molecule has 0 N–H and O–H groups in total. The molecule has 2 heteroatoms. The van der Waals surface area contributed by atoms with Crippen molar-refractivity contribution in [2.45, 2.75) is 71.6 Å². The van der Waals surface area contributed by atoms with Crippen molar-refractivity contribution in [3.8, 4) is 0 Å². The standard InChI is InChI=1S/C19H28O2/c1-13-6-8-15(20)4-3-5-18-17(13)9-7-14-12-16(21)10-11-19(14,18)2/h12-13,17-18H,3-11H2,1-2H3/t13-,17-,18-,19-/m0/s1. The zero-order chi connectivity index (χ0) is 15.0. The Labute approximate surface area is 128 Å². The van der Waals surface area contributed by atoms with Crippen molar-refractivity contribution in [2.24, 2.45) is 23.2 Å². The molecule has 0 saturated heterocycles. The zero-order valence-electron chi connectivity index (χ0n) is 13.5. The average molecular weight is 288 g/mol. The van der Waals surface area contributed by atoms with E-state index < -0.39 is 0 Å². The highest BCUT2D eigenvalue weighted by Gasteiger charge is 2.47. The number of allylic oxidation sites excluding steroid dienone is 2. The monoisotopic (exact) mass is 288 g/mol. The first-order valence-corrected chi connectivity index (χ1v) is 8.76. The molecule has 21 heavy (non-hydrogen) atoms. The van der Waals surface area contributed by atoms with E-state index in [1.165, 1.54) is 18.4 Å². The summed E-state index contributed by atoms with van der Waals surface area (Å²) in [6.45, 7) is 4.75. The molecule has 4 atom stereocenters. The highest BCUT2D eigenvalue weighted by Crippen LogP contribution is 2.56. The molecule has 2 nitrogen and oxygen atoms in total. The van der Waals surface area contributed by atoms with Gasteiger partial charge in [0.15, 0.2) is 5.78 Å². The number of hydrogen-bond acceptors (Lipinski definition) is 2. The van der Waals surface area contributed by atoms with Crippen LogP contribution < -0.4 is 0 Å². The summed E-state index contributed by atoms with van der Waals surface area (Å²) in [7, 11) is 0. The maximum absolute atomic E-state index is 11.9. The number of fused-ring (bicyclic) bond motifs is 3. The Morgan fingerprint density at radius 2 is 1.86 bits per heavy atom. The third-order valence-electron chi connectivity index (χ3n) is 6.62. The predicted molar refractivity (Wildman–Crippen MR) is 83.9 cm³/mol.